The molecule has 0 amide bonds. The molecule has 3 nitrogen and oxygen atoms in total. The number of nitrogens with zero attached hydrogens (tertiary/aromatic N) is 1. The second kappa shape index (κ2) is 8.05. The molecule has 0 aliphatic heterocycles. The minimum atomic E-state index is -0.398. The number of aromatic nitrogens is 1. The smallest absolute Gasteiger partial charge is 0.130 e. The molecule has 0 radical (unpaired) electrons. The van der Waals surface area contributed by atoms with Gasteiger partial charge in [-0.3, -0.25) is 0 Å². The molecular weight excluding hydrogens is 352 g/mol. The first-order valence-electron chi connectivity index (χ1n) is 9.34. The quantitative estimate of drug-likeness (QED) is 0.506. The predicted octanol–water partition coefficient (Wildman–Crippen LogP) is 6.08. The fraction of sp³-hybridized carbons (Fsp3) is 0.304. The molecule has 0 saturated carbocycles. The highest BCUT2D eigenvalue weighted by molar-refractivity contribution is 7.10. The van der Waals surface area contributed by atoms with Gasteiger partial charge >= 0.3 is 0 Å². The molecule has 0 aliphatic carbocycles. The average Bonchev–Trinajstić information content (AvgIpc) is 3.09. The Bertz CT molecular complexity index is 913. The van der Waals surface area contributed by atoms with E-state index in [0.717, 1.165) is 41.6 Å². The predicted molar refractivity (Wildman–Crippen MR) is 116 cm³/mol. The van der Waals surface area contributed by atoms with Crippen molar-refractivity contribution in [2.75, 3.05) is 12.4 Å². The molecule has 3 rings (SSSR count). The maximum Gasteiger partial charge on any atom is 0.130 e. The van der Waals surface area contributed by atoms with Gasteiger partial charge < -0.3 is 10.1 Å². The normalized spacial score (nSPS) is 13.2. The van der Waals surface area contributed by atoms with E-state index in [1.165, 1.54) is 27.5 Å². The molecule has 1 N–H and O–H groups in total. The highest BCUT2D eigenvalue weighted by Gasteiger charge is 2.24. The summed E-state index contributed by atoms with van der Waals surface area (Å²) in [6.45, 7) is 6.15. The summed E-state index contributed by atoms with van der Waals surface area (Å²) in [6, 6.07) is 17.0. The summed E-state index contributed by atoms with van der Waals surface area (Å²) in [5.41, 5.74) is 6.30. The van der Waals surface area contributed by atoms with Crippen molar-refractivity contribution in [3.63, 3.8) is 0 Å². The van der Waals surface area contributed by atoms with Crippen LogP contribution in [0.2, 0.25) is 0 Å². The molecule has 0 spiro atoms. The molecule has 3 aromatic rings. The third-order valence-corrected chi connectivity index (χ3v) is 6.15. The first-order chi connectivity index (χ1) is 13.0. The molecule has 1 aromatic heterocycles. The number of rotatable bonds is 7. The molecule has 0 aliphatic rings. The Labute approximate surface area is 165 Å². The van der Waals surface area contributed by atoms with Crippen LogP contribution in [0.25, 0.3) is 21.6 Å². The fourth-order valence-electron chi connectivity index (χ4n) is 3.51. The number of hydrogen-bond donors (Lipinski definition) is 1. The lowest BCUT2D eigenvalue weighted by Crippen LogP contribution is -2.23. The van der Waals surface area contributed by atoms with E-state index in [2.05, 4.69) is 65.1 Å². The first kappa shape index (κ1) is 19.3. The Morgan fingerprint density at radius 3 is 2.11 bits per heavy atom. The van der Waals surface area contributed by atoms with Crippen molar-refractivity contribution in [3.8, 4) is 21.6 Å². The third kappa shape index (κ3) is 3.81. The molecule has 140 valence electrons. The summed E-state index contributed by atoms with van der Waals surface area (Å²) in [7, 11) is 1.93. The molecule has 1 atom stereocenters. The number of carbonyl (C=O) groups is 1. The monoisotopic (exact) mass is 378 g/mol. The zero-order chi connectivity index (χ0) is 19.4. The number of anilines is 1. The van der Waals surface area contributed by atoms with Gasteiger partial charge in [0.25, 0.3) is 0 Å². The van der Waals surface area contributed by atoms with E-state index in [1.54, 1.807) is 0 Å². The average molecular weight is 379 g/mol. The zero-order valence-corrected chi connectivity index (χ0v) is 17.2. The van der Waals surface area contributed by atoms with Gasteiger partial charge in [-0.1, -0.05) is 61.9 Å². The number of aldehydes is 1. The van der Waals surface area contributed by atoms with E-state index in [9.17, 15) is 4.79 Å². The van der Waals surface area contributed by atoms with Crippen LogP contribution in [-0.2, 0) is 10.2 Å². The number of hydrogen-bond acceptors (Lipinski definition) is 4. The van der Waals surface area contributed by atoms with E-state index in [4.69, 9.17) is 0 Å². The van der Waals surface area contributed by atoms with Crippen molar-refractivity contribution >= 4 is 23.5 Å². The lowest BCUT2D eigenvalue weighted by molar-refractivity contribution is -0.112. The second-order valence-electron chi connectivity index (χ2n) is 7.16. The second-order valence-corrected chi connectivity index (χ2v) is 7.94. The summed E-state index contributed by atoms with van der Waals surface area (Å²) in [4.78, 5) is 12.8. The summed E-state index contributed by atoms with van der Waals surface area (Å²) in [5.74, 6) is 0. The third-order valence-electron chi connectivity index (χ3n) is 5.17. The highest BCUT2D eigenvalue weighted by Crippen LogP contribution is 2.35. The van der Waals surface area contributed by atoms with Gasteiger partial charge in [-0.05, 0) is 54.1 Å². The van der Waals surface area contributed by atoms with Crippen LogP contribution in [0.3, 0.4) is 0 Å². The Kier molecular flexibility index (Phi) is 5.76. The summed E-state index contributed by atoms with van der Waals surface area (Å²) < 4.78 is 4.45. The van der Waals surface area contributed by atoms with Gasteiger partial charge in [-0.2, -0.15) is 4.37 Å². The van der Waals surface area contributed by atoms with Crippen molar-refractivity contribution < 1.29 is 4.79 Å². The van der Waals surface area contributed by atoms with Crippen molar-refractivity contribution in [3.05, 3.63) is 59.8 Å². The van der Waals surface area contributed by atoms with Gasteiger partial charge in [0, 0.05) is 12.5 Å². The Balaban J connectivity index is 1.86. The van der Waals surface area contributed by atoms with Crippen LogP contribution in [-0.4, -0.2) is 17.7 Å². The molecular formula is C23H26N2OS. The van der Waals surface area contributed by atoms with Gasteiger partial charge in [0.2, 0.25) is 0 Å². The van der Waals surface area contributed by atoms with Gasteiger partial charge in [0.15, 0.2) is 0 Å². The molecule has 0 bridgehead atoms. The van der Waals surface area contributed by atoms with Crippen LogP contribution >= 0.6 is 11.5 Å². The molecule has 0 fully saturated rings. The summed E-state index contributed by atoms with van der Waals surface area (Å²) in [5, 5.41) is 3.24. The van der Waals surface area contributed by atoms with E-state index in [0.29, 0.717) is 0 Å². The van der Waals surface area contributed by atoms with E-state index >= 15 is 0 Å². The summed E-state index contributed by atoms with van der Waals surface area (Å²) in [6.07, 6.45) is 2.94. The molecule has 4 heteroatoms. The number of nitrogens with one attached hydrogen (secondary N) is 1. The van der Waals surface area contributed by atoms with E-state index in [1.807, 2.05) is 20.9 Å². The fourth-order valence-corrected chi connectivity index (χ4v) is 4.41. The minimum Gasteiger partial charge on any atom is -0.385 e. The Morgan fingerprint density at radius 2 is 1.59 bits per heavy atom. The highest BCUT2D eigenvalue weighted by atomic mass is 32.1. The van der Waals surface area contributed by atoms with E-state index < -0.39 is 5.41 Å². The van der Waals surface area contributed by atoms with Crippen LogP contribution in [0.1, 0.15) is 37.9 Å². The lowest BCUT2D eigenvalue weighted by atomic mass is 9.79. The van der Waals surface area contributed by atoms with Gasteiger partial charge in [0.1, 0.15) is 6.29 Å². The van der Waals surface area contributed by atoms with Crippen molar-refractivity contribution in [1.29, 1.82) is 0 Å². The number of carbonyl (C=O) groups excluding carboxylic acids is 1. The van der Waals surface area contributed by atoms with Gasteiger partial charge in [-0.25, -0.2) is 0 Å². The topological polar surface area (TPSA) is 42.0 Å². The molecule has 2 aromatic carbocycles. The largest absolute Gasteiger partial charge is 0.385 e. The Morgan fingerprint density at radius 1 is 1.04 bits per heavy atom. The minimum absolute atomic E-state index is 0.398. The number of benzene rings is 2. The van der Waals surface area contributed by atoms with Crippen LogP contribution < -0.4 is 5.32 Å². The van der Waals surface area contributed by atoms with Crippen LogP contribution in [0.4, 0.5) is 5.69 Å². The maximum atomic E-state index is 11.6. The molecule has 1 heterocycles. The van der Waals surface area contributed by atoms with Crippen LogP contribution in [0.5, 0.6) is 0 Å². The first-order valence-corrected chi connectivity index (χ1v) is 10.1. The van der Waals surface area contributed by atoms with Crippen molar-refractivity contribution in [1.82, 2.24) is 4.37 Å². The lowest BCUT2D eigenvalue weighted by Gasteiger charge is -2.23. The van der Waals surface area contributed by atoms with Crippen LogP contribution in [0.15, 0.2) is 48.5 Å². The van der Waals surface area contributed by atoms with Crippen LogP contribution in [0, 0.1) is 6.92 Å². The molecule has 1 unspecified atom stereocenters. The van der Waals surface area contributed by atoms with Crippen molar-refractivity contribution in [2.45, 2.75) is 39.0 Å². The maximum absolute atomic E-state index is 11.6. The van der Waals surface area contributed by atoms with Gasteiger partial charge in [-0.15, -0.1) is 0 Å². The zero-order valence-electron chi connectivity index (χ0n) is 16.4. The van der Waals surface area contributed by atoms with Gasteiger partial charge in [0.05, 0.1) is 16.3 Å². The number of aryl methyl sites for hydroxylation is 1. The van der Waals surface area contributed by atoms with Crippen molar-refractivity contribution in [2.24, 2.45) is 0 Å². The molecule has 27 heavy (non-hydrogen) atoms. The van der Waals surface area contributed by atoms with E-state index in [-0.39, 0.29) is 0 Å². The summed E-state index contributed by atoms with van der Waals surface area (Å²) >= 11 is 1.52. The molecule has 0 saturated heterocycles. The standard InChI is InChI=1S/C23H26N2OS/c1-5-14-23(3,15-26)20-12-10-18(11-13-20)17-6-8-19(9-7-17)22-21(24-4)16(2)25-27-22/h6-13,15,24H,5,14H2,1-4H3. The Hall–Kier alpha value is -2.46. The SMILES string of the molecule is CCCC(C)(C=O)c1ccc(-c2ccc(-c3snc(C)c3NC)cc2)cc1.